The molecule has 1 heterocycles. The Hall–Kier alpha value is -2.11. The average molecular weight is 426 g/mol. The van der Waals surface area contributed by atoms with Gasteiger partial charge in [-0.2, -0.15) is 0 Å². The molecule has 0 N–H and O–H groups in total. The Morgan fingerprint density at radius 2 is 1.37 bits per heavy atom. The Labute approximate surface area is 182 Å². The lowest BCUT2D eigenvalue weighted by atomic mass is 9.90. The van der Waals surface area contributed by atoms with Gasteiger partial charge in [-0.3, -0.25) is 9.69 Å². The van der Waals surface area contributed by atoms with Crippen LogP contribution < -0.4 is 9.64 Å². The third kappa shape index (κ3) is 3.81. The minimum atomic E-state index is -2.19. The molecule has 1 fully saturated rings. The van der Waals surface area contributed by atoms with Crippen LogP contribution in [-0.2, 0) is 9.22 Å². The Balaban J connectivity index is 2.00. The maximum absolute atomic E-state index is 13.4. The highest BCUT2D eigenvalue weighted by Crippen LogP contribution is 2.48. The van der Waals surface area contributed by atoms with Crippen LogP contribution in [0.1, 0.15) is 53.1 Å². The number of β-lactam (4-membered cyclic amide) rings is 1. The molecular weight excluding hydrogens is 390 g/mol. The summed E-state index contributed by atoms with van der Waals surface area (Å²) in [6.45, 7) is 13.5. The molecule has 2 aromatic rings. The first-order valence-electron chi connectivity index (χ1n) is 10.9. The summed E-state index contributed by atoms with van der Waals surface area (Å²) < 4.78 is 12.2. The lowest BCUT2D eigenvalue weighted by Gasteiger charge is -2.53. The van der Waals surface area contributed by atoms with Crippen molar-refractivity contribution >= 4 is 19.9 Å². The van der Waals surface area contributed by atoms with E-state index in [2.05, 4.69) is 53.7 Å². The van der Waals surface area contributed by atoms with E-state index in [1.54, 1.807) is 7.11 Å². The fraction of sp³-hybridized carbons (Fsp3) is 0.480. The van der Waals surface area contributed by atoms with Crippen molar-refractivity contribution in [2.45, 2.75) is 70.3 Å². The van der Waals surface area contributed by atoms with E-state index in [9.17, 15) is 4.79 Å². The summed E-state index contributed by atoms with van der Waals surface area (Å²) in [5.74, 6) is 0.828. The van der Waals surface area contributed by atoms with Gasteiger partial charge in [0.15, 0.2) is 0 Å². The molecule has 1 aliphatic heterocycles. The van der Waals surface area contributed by atoms with Gasteiger partial charge in [-0.25, -0.2) is 0 Å². The highest BCUT2D eigenvalue weighted by Gasteiger charge is 2.56. The van der Waals surface area contributed by atoms with Crippen molar-refractivity contribution in [3.05, 3.63) is 60.2 Å². The van der Waals surface area contributed by atoms with E-state index < -0.39 is 14.4 Å². The van der Waals surface area contributed by atoms with Crippen molar-refractivity contribution in [1.29, 1.82) is 0 Å². The number of hydrogen-bond acceptors (Lipinski definition) is 3. The fourth-order valence-corrected chi connectivity index (χ4v) is 10.7. The molecule has 4 nitrogen and oxygen atoms in total. The van der Waals surface area contributed by atoms with Gasteiger partial charge in [0.25, 0.3) is 5.91 Å². The Morgan fingerprint density at radius 3 is 1.83 bits per heavy atom. The van der Waals surface area contributed by atoms with Crippen LogP contribution in [0.25, 0.3) is 0 Å². The highest BCUT2D eigenvalue weighted by atomic mass is 28.4. The van der Waals surface area contributed by atoms with Gasteiger partial charge in [0.2, 0.25) is 8.32 Å². The van der Waals surface area contributed by atoms with Crippen LogP contribution in [0.3, 0.4) is 0 Å². The van der Waals surface area contributed by atoms with Crippen LogP contribution >= 0.6 is 0 Å². The molecule has 0 aliphatic carbocycles. The molecule has 2 aromatic carbocycles. The van der Waals surface area contributed by atoms with E-state index in [-0.39, 0.29) is 11.9 Å². The first-order valence-corrected chi connectivity index (χ1v) is 13.1. The molecule has 1 amide bonds. The Morgan fingerprint density at radius 1 is 0.833 bits per heavy atom. The first-order chi connectivity index (χ1) is 14.2. The van der Waals surface area contributed by atoms with E-state index in [4.69, 9.17) is 9.16 Å². The molecule has 30 heavy (non-hydrogen) atoms. The van der Waals surface area contributed by atoms with Crippen molar-refractivity contribution < 1.29 is 14.0 Å². The number of carbonyl (C=O) groups excluding carboxylic acids is 1. The smallest absolute Gasteiger partial charge is 0.258 e. The summed E-state index contributed by atoms with van der Waals surface area (Å²) in [6, 6.07) is 17.8. The average Bonchev–Trinajstić information content (AvgIpc) is 2.72. The number of amides is 1. The van der Waals surface area contributed by atoms with Gasteiger partial charge in [0.1, 0.15) is 11.9 Å². The fourth-order valence-electron chi connectivity index (χ4n) is 5.21. The maximum Gasteiger partial charge on any atom is 0.258 e. The Kier molecular flexibility index (Phi) is 6.73. The quantitative estimate of drug-likeness (QED) is 0.366. The lowest BCUT2D eigenvalue weighted by molar-refractivity contribution is -0.136. The van der Waals surface area contributed by atoms with Crippen LogP contribution in [0, 0.1) is 0 Å². The largest absolute Gasteiger partial charge is 0.497 e. The van der Waals surface area contributed by atoms with Gasteiger partial charge in [-0.15, -0.1) is 0 Å². The normalized spacial score (nSPS) is 19.5. The first kappa shape index (κ1) is 22.6. The number of benzene rings is 2. The molecule has 0 bridgehead atoms. The number of nitrogens with zero attached hydrogens (tertiary/aromatic N) is 1. The number of ether oxygens (including phenoxy) is 1. The summed E-state index contributed by atoms with van der Waals surface area (Å²) in [6.07, 6.45) is -0.437. The molecule has 2 atom stereocenters. The standard InChI is InChI=1S/C25H35NO3Si/c1-17(2)30(18(3)4,19(5)6)29-24-23(20-11-9-8-10-12-20)26(25(24)27)21-13-15-22(28-7)16-14-21/h8-19,23-24H,1-7H3/t23-,24+/m0/s1. The van der Waals surface area contributed by atoms with Gasteiger partial charge in [-0.1, -0.05) is 71.9 Å². The summed E-state index contributed by atoms with van der Waals surface area (Å²) >= 11 is 0. The second-order valence-corrected chi connectivity index (χ2v) is 14.5. The molecule has 5 heteroatoms. The third-order valence-corrected chi connectivity index (χ3v) is 12.7. The van der Waals surface area contributed by atoms with Crippen LogP contribution in [0.4, 0.5) is 5.69 Å². The van der Waals surface area contributed by atoms with E-state index in [0.29, 0.717) is 16.6 Å². The summed E-state index contributed by atoms with van der Waals surface area (Å²) in [5.41, 5.74) is 3.27. The van der Waals surface area contributed by atoms with Crippen LogP contribution in [0.15, 0.2) is 54.6 Å². The van der Waals surface area contributed by atoms with E-state index in [0.717, 1.165) is 17.0 Å². The zero-order valence-corrected chi connectivity index (χ0v) is 20.3. The van der Waals surface area contributed by atoms with Crippen molar-refractivity contribution in [2.24, 2.45) is 0 Å². The van der Waals surface area contributed by atoms with Crippen molar-refractivity contribution in [1.82, 2.24) is 0 Å². The molecule has 1 saturated heterocycles. The number of rotatable bonds is 8. The molecular formula is C25H35NO3Si. The predicted molar refractivity (Wildman–Crippen MR) is 126 cm³/mol. The lowest BCUT2D eigenvalue weighted by Crippen LogP contribution is -2.65. The van der Waals surface area contributed by atoms with Crippen molar-refractivity contribution in [3.8, 4) is 5.75 Å². The molecule has 0 saturated carbocycles. The van der Waals surface area contributed by atoms with Crippen LogP contribution in [-0.4, -0.2) is 27.4 Å². The highest BCUT2D eigenvalue weighted by molar-refractivity contribution is 6.77. The minimum absolute atomic E-state index is 0.0489. The maximum atomic E-state index is 13.4. The second kappa shape index (κ2) is 8.94. The SMILES string of the molecule is COc1ccc(N2C(=O)[C@H](O[Si](C(C)C)(C(C)C)C(C)C)[C@@H]2c2ccccc2)cc1. The molecule has 1 aliphatic rings. The van der Waals surface area contributed by atoms with Gasteiger partial charge >= 0.3 is 0 Å². The number of hydrogen-bond donors (Lipinski definition) is 0. The van der Waals surface area contributed by atoms with Crippen molar-refractivity contribution in [3.63, 3.8) is 0 Å². The van der Waals surface area contributed by atoms with Gasteiger partial charge in [-0.05, 0) is 46.5 Å². The van der Waals surface area contributed by atoms with E-state index in [1.807, 2.05) is 47.4 Å². The molecule has 0 spiro atoms. The van der Waals surface area contributed by atoms with Gasteiger partial charge in [0.05, 0.1) is 13.2 Å². The summed E-state index contributed by atoms with van der Waals surface area (Å²) in [7, 11) is -0.542. The van der Waals surface area contributed by atoms with Crippen molar-refractivity contribution in [2.75, 3.05) is 12.0 Å². The summed E-state index contributed by atoms with van der Waals surface area (Å²) in [5, 5.41) is 0. The zero-order chi connectivity index (χ0) is 22.1. The topological polar surface area (TPSA) is 38.8 Å². The zero-order valence-electron chi connectivity index (χ0n) is 19.3. The summed E-state index contributed by atoms with van der Waals surface area (Å²) in [4.78, 5) is 15.3. The van der Waals surface area contributed by atoms with Gasteiger partial charge < -0.3 is 9.16 Å². The third-order valence-electron chi connectivity index (χ3n) is 6.58. The predicted octanol–water partition coefficient (Wildman–Crippen LogP) is 6.34. The molecule has 0 radical (unpaired) electrons. The van der Waals surface area contributed by atoms with Crippen LogP contribution in [0.5, 0.6) is 5.75 Å². The monoisotopic (exact) mass is 425 g/mol. The number of carbonyl (C=O) groups is 1. The van der Waals surface area contributed by atoms with Crippen LogP contribution in [0.2, 0.25) is 16.6 Å². The number of anilines is 1. The number of methoxy groups -OCH3 is 1. The molecule has 3 rings (SSSR count). The molecule has 0 unspecified atom stereocenters. The minimum Gasteiger partial charge on any atom is -0.497 e. The second-order valence-electron chi connectivity index (χ2n) is 9.12. The Bertz CT molecular complexity index is 827. The van der Waals surface area contributed by atoms with Gasteiger partial charge in [0, 0.05) is 5.69 Å². The molecule has 0 aromatic heterocycles. The van der Waals surface area contributed by atoms with E-state index >= 15 is 0 Å². The molecule has 162 valence electrons. The van der Waals surface area contributed by atoms with E-state index in [1.165, 1.54) is 0 Å².